The van der Waals surface area contributed by atoms with Crippen molar-refractivity contribution in [2.45, 2.75) is 26.9 Å². The number of carbonyl (C=O) groups is 1. The molecule has 0 bridgehead atoms. The first-order valence-corrected chi connectivity index (χ1v) is 10.9. The van der Waals surface area contributed by atoms with Gasteiger partial charge < -0.3 is 4.90 Å². The van der Waals surface area contributed by atoms with Crippen LogP contribution in [0.15, 0.2) is 42.6 Å². The van der Waals surface area contributed by atoms with E-state index in [2.05, 4.69) is 30.5 Å². The van der Waals surface area contributed by atoms with Crippen LogP contribution in [0.2, 0.25) is 5.02 Å². The topological polar surface area (TPSA) is 105 Å². The number of nitrogens with zero attached hydrogens (tertiary/aromatic N) is 7. The lowest BCUT2D eigenvalue weighted by Gasteiger charge is -2.18. The molecule has 5 rings (SSSR count). The van der Waals surface area contributed by atoms with E-state index in [1.807, 2.05) is 36.7 Å². The molecule has 0 radical (unpaired) electrons. The van der Waals surface area contributed by atoms with Crippen LogP contribution in [-0.4, -0.2) is 53.0 Å². The third-order valence-corrected chi connectivity index (χ3v) is 5.93. The number of fused-ring (bicyclic) bond motifs is 2. The van der Waals surface area contributed by atoms with Crippen molar-refractivity contribution >= 4 is 39.4 Å². The van der Waals surface area contributed by atoms with E-state index < -0.39 is 0 Å². The summed E-state index contributed by atoms with van der Waals surface area (Å²) in [6, 6.07) is 10.8. The summed E-state index contributed by atoms with van der Waals surface area (Å²) in [5, 5.41) is 16.3. The van der Waals surface area contributed by atoms with Crippen molar-refractivity contribution in [3.05, 3.63) is 64.6 Å². The maximum Gasteiger partial charge on any atom is 0.273 e. The van der Waals surface area contributed by atoms with Crippen LogP contribution in [0.25, 0.3) is 33.3 Å². The standard InChI is InChI=1S/C23H21ClN8O/c1-4-32-13(2)15(11-25-32)12-31(3)23(33)21-17-10-16(24)6-8-18(17)26-22(27-21)14-5-7-19-20(9-14)29-30-28-19/h5-11H,4,12H2,1-3H3,(H,28,29,30). The van der Waals surface area contributed by atoms with Gasteiger partial charge in [-0.25, -0.2) is 9.97 Å². The first-order chi connectivity index (χ1) is 15.9. The van der Waals surface area contributed by atoms with Crippen LogP contribution in [0, 0.1) is 6.92 Å². The highest BCUT2D eigenvalue weighted by Crippen LogP contribution is 2.27. The molecule has 1 amide bonds. The van der Waals surface area contributed by atoms with Crippen LogP contribution in [0.4, 0.5) is 0 Å². The monoisotopic (exact) mass is 460 g/mol. The minimum atomic E-state index is -0.225. The molecule has 0 aliphatic carbocycles. The summed E-state index contributed by atoms with van der Waals surface area (Å²) in [7, 11) is 1.75. The maximum absolute atomic E-state index is 13.6. The second-order valence-electron chi connectivity index (χ2n) is 7.82. The second kappa shape index (κ2) is 8.25. The zero-order chi connectivity index (χ0) is 23.1. The smallest absolute Gasteiger partial charge is 0.273 e. The largest absolute Gasteiger partial charge is 0.336 e. The number of hydrogen-bond donors (Lipinski definition) is 1. The van der Waals surface area contributed by atoms with Crippen molar-refractivity contribution in [2.75, 3.05) is 7.05 Å². The Morgan fingerprint density at radius 2 is 1.88 bits per heavy atom. The summed E-state index contributed by atoms with van der Waals surface area (Å²) in [6.07, 6.45) is 1.80. The molecule has 3 aromatic heterocycles. The fourth-order valence-electron chi connectivity index (χ4n) is 3.84. The van der Waals surface area contributed by atoms with E-state index >= 15 is 0 Å². The number of rotatable bonds is 5. The first-order valence-electron chi connectivity index (χ1n) is 10.5. The Balaban J connectivity index is 1.58. The van der Waals surface area contributed by atoms with Gasteiger partial charge in [-0.05, 0) is 50.2 Å². The minimum Gasteiger partial charge on any atom is -0.336 e. The molecule has 10 heteroatoms. The highest BCUT2D eigenvalue weighted by atomic mass is 35.5. The highest BCUT2D eigenvalue weighted by molar-refractivity contribution is 6.31. The van der Waals surface area contributed by atoms with E-state index in [1.165, 1.54) is 0 Å². The summed E-state index contributed by atoms with van der Waals surface area (Å²) < 4.78 is 1.91. The molecule has 166 valence electrons. The Labute approximate surface area is 194 Å². The van der Waals surface area contributed by atoms with Crippen molar-refractivity contribution in [1.82, 2.24) is 40.1 Å². The summed E-state index contributed by atoms with van der Waals surface area (Å²) in [5.41, 5.74) is 5.13. The van der Waals surface area contributed by atoms with E-state index in [-0.39, 0.29) is 5.91 Å². The van der Waals surface area contributed by atoms with Gasteiger partial charge in [0.25, 0.3) is 5.91 Å². The summed E-state index contributed by atoms with van der Waals surface area (Å²) in [5.74, 6) is 0.207. The first kappa shape index (κ1) is 21.0. The third-order valence-electron chi connectivity index (χ3n) is 5.69. The van der Waals surface area contributed by atoms with Gasteiger partial charge >= 0.3 is 0 Å². The summed E-state index contributed by atoms with van der Waals surface area (Å²) in [6.45, 7) is 5.23. The van der Waals surface area contributed by atoms with Crippen molar-refractivity contribution in [1.29, 1.82) is 0 Å². The predicted molar refractivity (Wildman–Crippen MR) is 126 cm³/mol. The number of carbonyl (C=O) groups excluding carboxylic acids is 1. The molecule has 0 aliphatic rings. The Morgan fingerprint density at radius 1 is 1.09 bits per heavy atom. The number of aromatic nitrogens is 7. The van der Waals surface area contributed by atoms with Crippen LogP contribution in [0.5, 0.6) is 0 Å². The Bertz CT molecular complexity index is 1510. The molecule has 3 heterocycles. The van der Waals surface area contributed by atoms with Crippen LogP contribution < -0.4 is 0 Å². The number of amides is 1. The molecule has 0 spiro atoms. The number of aromatic amines is 1. The van der Waals surface area contributed by atoms with Gasteiger partial charge in [0.1, 0.15) is 16.7 Å². The molecular weight excluding hydrogens is 440 g/mol. The molecule has 0 fully saturated rings. The zero-order valence-electron chi connectivity index (χ0n) is 18.4. The molecule has 2 aromatic carbocycles. The van der Waals surface area contributed by atoms with E-state index in [1.54, 1.807) is 36.3 Å². The van der Waals surface area contributed by atoms with Gasteiger partial charge in [-0.15, -0.1) is 0 Å². The van der Waals surface area contributed by atoms with Crippen molar-refractivity contribution in [3.8, 4) is 11.4 Å². The molecule has 1 N–H and O–H groups in total. The predicted octanol–water partition coefficient (Wildman–Crippen LogP) is 4.02. The molecule has 0 saturated carbocycles. The molecule has 0 atom stereocenters. The van der Waals surface area contributed by atoms with Crippen molar-refractivity contribution in [2.24, 2.45) is 0 Å². The van der Waals surface area contributed by atoms with Gasteiger partial charge in [0.05, 0.1) is 11.7 Å². The summed E-state index contributed by atoms with van der Waals surface area (Å²) in [4.78, 5) is 24.5. The van der Waals surface area contributed by atoms with Crippen molar-refractivity contribution < 1.29 is 4.79 Å². The number of hydrogen-bond acceptors (Lipinski definition) is 6. The van der Waals surface area contributed by atoms with E-state index in [4.69, 9.17) is 11.6 Å². The number of halogens is 1. The Kier molecular flexibility index (Phi) is 5.26. The number of nitrogens with one attached hydrogen (secondary N) is 1. The van der Waals surface area contributed by atoms with E-state index in [9.17, 15) is 4.79 Å². The number of aryl methyl sites for hydroxylation is 1. The van der Waals surface area contributed by atoms with Crippen LogP contribution in [0.1, 0.15) is 28.7 Å². The summed E-state index contributed by atoms with van der Waals surface area (Å²) >= 11 is 6.24. The molecule has 33 heavy (non-hydrogen) atoms. The lowest BCUT2D eigenvalue weighted by molar-refractivity contribution is 0.0781. The SMILES string of the molecule is CCn1ncc(CN(C)C(=O)c2nc(-c3ccc4n[nH]nc4c3)nc3ccc(Cl)cc23)c1C. The molecule has 5 aromatic rings. The Hall–Kier alpha value is -3.85. The lowest BCUT2D eigenvalue weighted by atomic mass is 10.1. The second-order valence-corrected chi connectivity index (χ2v) is 8.25. The maximum atomic E-state index is 13.6. The van der Waals surface area contributed by atoms with E-state index in [0.717, 1.165) is 28.9 Å². The number of benzene rings is 2. The fourth-order valence-corrected chi connectivity index (χ4v) is 4.01. The minimum absolute atomic E-state index is 0.225. The number of H-pyrrole nitrogens is 1. The normalized spacial score (nSPS) is 11.4. The van der Waals surface area contributed by atoms with Gasteiger partial charge in [0.2, 0.25) is 0 Å². The third kappa shape index (κ3) is 3.80. The van der Waals surface area contributed by atoms with Crippen LogP contribution >= 0.6 is 11.6 Å². The van der Waals surface area contributed by atoms with Gasteiger partial charge in [-0.3, -0.25) is 9.48 Å². The van der Waals surface area contributed by atoms with Gasteiger partial charge in [0, 0.05) is 47.4 Å². The van der Waals surface area contributed by atoms with Crippen molar-refractivity contribution in [3.63, 3.8) is 0 Å². The highest BCUT2D eigenvalue weighted by Gasteiger charge is 2.21. The molecular formula is C23H21ClN8O. The zero-order valence-corrected chi connectivity index (χ0v) is 19.1. The molecule has 0 saturated heterocycles. The Morgan fingerprint density at radius 3 is 2.67 bits per heavy atom. The molecule has 0 unspecified atom stereocenters. The fraction of sp³-hybridized carbons (Fsp3) is 0.217. The van der Waals surface area contributed by atoms with Gasteiger partial charge in [-0.2, -0.15) is 20.5 Å². The molecule has 9 nitrogen and oxygen atoms in total. The average Bonchev–Trinajstić information content (AvgIpc) is 3.43. The van der Waals surface area contributed by atoms with Gasteiger partial charge in [-0.1, -0.05) is 11.6 Å². The van der Waals surface area contributed by atoms with Gasteiger partial charge in [0.15, 0.2) is 5.82 Å². The van der Waals surface area contributed by atoms with Crippen LogP contribution in [0.3, 0.4) is 0 Å². The quantitative estimate of drug-likeness (QED) is 0.424. The molecule has 0 aliphatic heterocycles. The lowest BCUT2D eigenvalue weighted by Crippen LogP contribution is -2.27. The van der Waals surface area contributed by atoms with Crippen LogP contribution in [-0.2, 0) is 13.1 Å². The van der Waals surface area contributed by atoms with E-state index in [0.29, 0.717) is 39.5 Å². The average molecular weight is 461 g/mol.